The van der Waals surface area contributed by atoms with Crippen molar-refractivity contribution in [3.05, 3.63) is 0 Å². The predicted molar refractivity (Wildman–Crippen MR) is 82.5 cm³/mol. The van der Waals surface area contributed by atoms with Crippen molar-refractivity contribution in [2.75, 3.05) is 32.8 Å². The third kappa shape index (κ3) is 3.72. The van der Waals surface area contributed by atoms with Crippen LogP contribution in [0.3, 0.4) is 0 Å². The van der Waals surface area contributed by atoms with Crippen LogP contribution in [0.1, 0.15) is 44.9 Å². The molecule has 3 fully saturated rings. The molecule has 0 saturated carbocycles. The fourth-order valence-electron chi connectivity index (χ4n) is 3.72. The average Bonchev–Trinajstić information content (AvgIpc) is 3.18. The van der Waals surface area contributed by atoms with Gasteiger partial charge in [0.25, 0.3) is 0 Å². The van der Waals surface area contributed by atoms with Gasteiger partial charge in [-0.3, -0.25) is 4.79 Å². The first-order chi connectivity index (χ1) is 10.7. The fraction of sp³-hybridized carbons (Fsp3) is 0.875. The van der Waals surface area contributed by atoms with Crippen LogP contribution in [0.5, 0.6) is 0 Å². The van der Waals surface area contributed by atoms with E-state index in [4.69, 9.17) is 4.74 Å². The summed E-state index contributed by atoms with van der Waals surface area (Å²) in [5, 5.41) is 3.02. The summed E-state index contributed by atoms with van der Waals surface area (Å²) in [6, 6.07) is 0.173. The van der Waals surface area contributed by atoms with Crippen LogP contribution in [0.15, 0.2) is 0 Å². The molecule has 0 unspecified atom stereocenters. The highest BCUT2D eigenvalue weighted by Gasteiger charge is 2.31. The fourth-order valence-corrected chi connectivity index (χ4v) is 3.72. The monoisotopic (exact) mass is 309 g/mol. The van der Waals surface area contributed by atoms with Gasteiger partial charge >= 0.3 is 6.03 Å². The highest BCUT2D eigenvalue weighted by atomic mass is 16.5. The zero-order chi connectivity index (χ0) is 15.4. The molecule has 3 aliphatic heterocycles. The van der Waals surface area contributed by atoms with Gasteiger partial charge in [0.2, 0.25) is 5.91 Å². The minimum absolute atomic E-state index is 0.00634. The molecule has 0 bridgehead atoms. The normalized spacial score (nSPS) is 29.2. The number of carbonyl (C=O) groups is 2. The summed E-state index contributed by atoms with van der Waals surface area (Å²) in [5.41, 5.74) is 0. The van der Waals surface area contributed by atoms with Crippen molar-refractivity contribution in [3.63, 3.8) is 0 Å². The largest absolute Gasteiger partial charge is 0.376 e. The summed E-state index contributed by atoms with van der Waals surface area (Å²) in [6.45, 7) is 3.76. The minimum Gasteiger partial charge on any atom is -0.376 e. The van der Waals surface area contributed by atoms with Gasteiger partial charge in [0, 0.05) is 39.2 Å². The second kappa shape index (κ2) is 7.31. The van der Waals surface area contributed by atoms with Crippen LogP contribution in [0.25, 0.3) is 0 Å². The summed E-state index contributed by atoms with van der Waals surface area (Å²) in [5.74, 6) is 0.241. The molecule has 22 heavy (non-hydrogen) atoms. The lowest BCUT2D eigenvalue weighted by Crippen LogP contribution is -2.53. The van der Waals surface area contributed by atoms with Gasteiger partial charge in [0.1, 0.15) is 0 Å². The second-order valence-corrected chi connectivity index (χ2v) is 6.61. The van der Waals surface area contributed by atoms with E-state index < -0.39 is 0 Å². The number of rotatable bonds is 4. The lowest BCUT2D eigenvalue weighted by atomic mass is 10.0. The predicted octanol–water partition coefficient (Wildman–Crippen LogP) is 1.35. The van der Waals surface area contributed by atoms with Gasteiger partial charge in [-0.1, -0.05) is 0 Å². The molecule has 0 spiro atoms. The first-order valence-corrected chi connectivity index (χ1v) is 8.68. The maximum Gasteiger partial charge on any atom is 0.317 e. The number of ether oxygens (including phenoxy) is 1. The van der Waals surface area contributed by atoms with Gasteiger partial charge in [0.05, 0.1) is 12.1 Å². The van der Waals surface area contributed by atoms with Gasteiger partial charge in [0.15, 0.2) is 0 Å². The Labute approximate surface area is 132 Å². The minimum atomic E-state index is 0.00634. The highest BCUT2D eigenvalue weighted by Crippen LogP contribution is 2.21. The standard InChI is InChI=1S/C16H27N3O3/c20-15-7-3-8-18(15)12-13-5-1-2-9-19(13)16(21)17-11-14-6-4-10-22-14/h13-14H,1-12H2,(H,17,21)/t13-,14+/m0/s1. The second-order valence-electron chi connectivity index (χ2n) is 6.61. The Hall–Kier alpha value is -1.30. The van der Waals surface area contributed by atoms with Crippen LogP contribution >= 0.6 is 0 Å². The molecule has 3 aliphatic rings. The molecule has 0 aromatic carbocycles. The summed E-state index contributed by atoms with van der Waals surface area (Å²) in [7, 11) is 0. The Balaban J connectivity index is 1.51. The number of nitrogens with zero attached hydrogens (tertiary/aromatic N) is 2. The molecular weight excluding hydrogens is 282 g/mol. The molecule has 2 atom stereocenters. The van der Waals surface area contributed by atoms with Crippen molar-refractivity contribution in [3.8, 4) is 0 Å². The third-order valence-electron chi connectivity index (χ3n) is 5.00. The summed E-state index contributed by atoms with van der Waals surface area (Å²) in [6.07, 6.45) is 7.11. The van der Waals surface area contributed by atoms with Gasteiger partial charge in [-0.25, -0.2) is 4.79 Å². The number of amides is 3. The number of hydrogen-bond acceptors (Lipinski definition) is 3. The van der Waals surface area contributed by atoms with Crippen LogP contribution in [-0.2, 0) is 9.53 Å². The summed E-state index contributed by atoms with van der Waals surface area (Å²) >= 11 is 0. The van der Waals surface area contributed by atoms with Crippen LogP contribution in [0, 0.1) is 0 Å². The molecule has 1 N–H and O–H groups in total. The number of likely N-dealkylation sites (tertiary alicyclic amines) is 2. The lowest BCUT2D eigenvalue weighted by Gasteiger charge is -2.38. The molecular formula is C16H27N3O3. The van der Waals surface area contributed by atoms with Gasteiger partial charge in [-0.05, 0) is 38.5 Å². The van der Waals surface area contributed by atoms with Crippen molar-refractivity contribution in [2.24, 2.45) is 0 Å². The van der Waals surface area contributed by atoms with E-state index in [2.05, 4.69) is 5.32 Å². The number of nitrogens with one attached hydrogen (secondary N) is 1. The SMILES string of the molecule is O=C1CCCN1C[C@@H]1CCCCN1C(=O)NC[C@H]1CCCO1. The molecule has 0 aromatic rings. The lowest BCUT2D eigenvalue weighted by molar-refractivity contribution is -0.128. The molecule has 3 amide bonds. The Kier molecular flexibility index (Phi) is 5.18. The molecule has 6 nitrogen and oxygen atoms in total. The van der Waals surface area contributed by atoms with E-state index in [1.165, 1.54) is 0 Å². The van der Waals surface area contributed by atoms with Crippen molar-refractivity contribution < 1.29 is 14.3 Å². The molecule has 0 radical (unpaired) electrons. The summed E-state index contributed by atoms with van der Waals surface area (Å²) in [4.78, 5) is 28.2. The number of urea groups is 1. The molecule has 3 rings (SSSR count). The first-order valence-electron chi connectivity index (χ1n) is 8.68. The highest BCUT2D eigenvalue weighted by molar-refractivity contribution is 5.78. The van der Waals surface area contributed by atoms with E-state index in [1.54, 1.807) is 0 Å². The van der Waals surface area contributed by atoms with Crippen LogP contribution < -0.4 is 5.32 Å². The van der Waals surface area contributed by atoms with Crippen LogP contribution in [0.2, 0.25) is 0 Å². The molecule has 3 saturated heterocycles. The van der Waals surface area contributed by atoms with Crippen molar-refractivity contribution in [1.29, 1.82) is 0 Å². The van der Waals surface area contributed by atoms with Gasteiger partial charge in [-0.15, -0.1) is 0 Å². The van der Waals surface area contributed by atoms with Crippen molar-refractivity contribution in [2.45, 2.75) is 57.1 Å². The van der Waals surface area contributed by atoms with Crippen molar-refractivity contribution in [1.82, 2.24) is 15.1 Å². The van der Waals surface area contributed by atoms with E-state index in [0.29, 0.717) is 19.5 Å². The maximum atomic E-state index is 12.5. The topological polar surface area (TPSA) is 61.9 Å². The number of hydrogen-bond donors (Lipinski definition) is 1. The first kappa shape index (κ1) is 15.6. The van der Waals surface area contributed by atoms with Gasteiger partial charge < -0.3 is 19.9 Å². The Morgan fingerprint density at radius 3 is 2.82 bits per heavy atom. The zero-order valence-corrected chi connectivity index (χ0v) is 13.3. The van der Waals surface area contributed by atoms with Crippen LogP contribution in [-0.4, -0.2) is 66.7 Å². The average molecular weight is 309 g/mol. The number of carbonyl (C=O) groups excluding carboxylic acids is 2. The van der Waals surface area contributed by atoms with E-state index in [1.807, 2.05) is 9.80 Å². The third-order valence-corrected chi connectivity index (χ3v) is 5.00. The molecule has 3 heterocycles. The van der Waals surface area contributed by atoms with Gasteiger partial charge in [-0.2, -0.15) is 0 Å². The van der Waals surface area contributed by atoms with E-state index in [-0.39, 0.29) is 24.1 Å². The molecule has 124 valence electrons. The molecule has 0 aliphatic carbocycles. The zero-order valence-electron chi connectivity index (χ0n) is 13.3. The Bertz CT molecular complexity index is 409. The maximum absolute atomic E-state index is 12.5. The van der Waals surface area contributed by atoms with Crippen LogP contribution in [0.4, 0.5) is 4.79 Å². The Morgan fingerprint density at radius 2 is 2.09 bits per heavy atom. The van der Waals surface area contributed by atoms with E-state index in [9.17, 15) is 9.59 Å². The summed E-state index contributed by atoms with van der Waals surface area (Å²) < 4.78 is 5.55. The Morgan fingerprint density at radius 1 is 1.18 bits per heavy atom. The molecule has 6 heteroatoms. The van der Waals surface area contributed by atoms with E-state index in [0.717, 1.165) is 58.2 Å². The van der Waals surface area contributed by atoms with E-state index >= 15 is 0 Å². The molecule has 0 aromatic heterocycles. The van der Waals surface area contributed by atoms with Crippen molar-refractivity contribution >= 4 is 11.9 Å². The number of piperidine rings is 1. The smallest absolute Gasteiger partial charge is 0.317 e. The quantitative estimate of drug-likeness (QED) is 0.853.